The van der Waals surface area contributed by atoms with Gasteiger partial charge < -0.3 is 4.98 Å². The summed E-state index contributed by atoms with van der Waals surface area (Å²) in [5.41, 5.74) is 7.10. The number of rotatable bonds is 4. The third kappa shape index (κ3) is 2.69. The summed E-state index contributed by atoms with van der Waals surface area (Å²) >= 11 is 0. The van der Waals surface area contributed by atoms with E-state index in [2.05, 4.69) is 20.8 Å². The van der Waals surface area contributed by atoms with Crippen molar-refractivity contribution in [3.05, 3.63) is 70.6 Å². The number of H-pyrrole nitrogens is 1. The molecule has 0 aliphatic heterocycles. The number of aromatic nitrogens is 3. The lowest BCUT2D eigenvalue weighted by Gasteiger charge is -2.13. The van der Waals surface area contributed by atoms with Crippen molar-refractivity contribution in [2.24, 2.45) is 0 Å². The average molecular weight is 347 g/mol. The second-order valence-electron chi connectivity index (χ2n) is 5.85. The molecule has 4 aromatic rings. The summed E-state index contributed by atoms with van der Waals surface area (Å²) in [6.45, 7) is 2.28. The van der Waals surface area contributed by atoms with Crippen LogP contribution in [0.25, 0.3) is 21.8 Å². The molecule has 0 radical (unpaired) electrons. The number of carbonyl (C=O) groups is 1. The topological polar surface area (TPSA) is 91.8 Å². The van der Waals surface area contributed by atoms with E-state index in [4.69, 9.17) is 0 Å². The predicted octanol–water partition coefficient (Wildman–Crippen LogP) is 2.65. The molecule has 3 N–H and O–H groups in total. The number of fused-ring (bicyclic) bond motifs is 2. The quantitative estimate of drug-likeness (QED) is 0.495. The van der Waals surface area contributed by atoms with Gasteiger partial charge in [0.1, 0.15) is 5.69 Å². The minimum Gasteiger partial charge on any atom is -0.350 e. The molecule has 1 amide bonds. The molecule has 2 aromatic carbocycles. The van der Waals surface area contributed by atoms with E-state index < -0.39 is 0 Å². The minimum atomic E-state index is -0.341. The van der Waals surface area contributed by atoms with Crippen LogP contribution in [0.15, 0.2) is 59.4 Å². The Balaban J connectivity index is 1.62. The van der Waals surface area contributed by atoms with E-state index in [9.17, 15) is 9.59 Å². The van der Waals surface area contributed by atoms with Crippen LogP contribution in [0, 0.1) is 0 Å². The zero-order valence-corrected chi connectivity index (χ0v) is 14.1. The Morgan fingerprint density at radius 2 is 1.92 bits per heavy atom. The van der Waals surface area contributed by atoms with Gasteiger partial charge in [0.05, 0.1) is 10.9 Å². The normalized spacial score (nSPS) is 11.0. The molecule has 4 rings (SSSR count). The van der Waals surface area contributed by atoms with Crippen LogP contribution in [0.1, 0.15) is 17.4 Å². The second-order valence-corrected chi connectivity index (χ2v) is 5.85. The molecule has 7 nitrogen and oxygen atoms in total. The Hall–Kier alpha value is -3.61. The van der Waals surface area contributed by atoms with Crippen LogP contribution in [0.5, 0.6) is 0 Å². The third-order valence-electron chi connectivity index (χ3n) is 4.24. The van der Waals surface area contributed by atoms with Gasteiger partial charge in [0.25, 0.3) is 11.5 Å². The van der Waals surface area contributed by atoms with Crippen LogP contribution in [0.4, 0.5) is 5.95 Å². The number of nitrogens with one attached hydrogen (secondary N) is 3. The van der Waals surface area contributed by atoms with Crippen LogP contribution in [-0.4, -0.2) is 20.4 Å². The number of hydrogen-bond donors (Lipinski definition) is 3. The molecule has 0 spiro atoms. The summed E-state index contributed by atoms with van der Waals surface area (Å²) in [6.07, 6.45) is 0. The van der Waals surface area contributed by atoms with Gasteiger partial charge in [-0.05, 0) is 31.2 Å². The van der Waals surface area contributed by atoms with Gasteiger partial charge in [-0.15, -0.1) is 0 Å². The number of anilines is 1. The van der Waals surface area contributed by atoms with Gasteiger partial charge in [-0.3, -0.25) is 25.0 Å². The SMILES string of the molecule is CCn1c(NNC(=O)c2cc3ccccc3[nH]2)nc2ccccc2c1=O. The van der Waals surface area contributed by atoms with Crippen LogP contribution in [0.3, 0.4) is 0 Å². The number of aromatic amines is 1. The molecule has 0 atom stereocenters. The highest BCUT2D eigenvalue weighted by Gasteiger charge is 2.12. The maximum absolute atomic E-state index is 12.6. The lowest BCUT2D eigenvalue weighted by atomic mass is 10.2. The first-order valence-electron chi connectivity index (χ1n) is 8.31. The number of carbonyl (C=O) groups excluding carboxylic acids is 1. The summed E-state index contributed by atoms with van der Waals surface area (Å²) in [5.74, 6) is -0.0491. The van der Waals surface area contributed by atoms with Crippen LogP contribution in [-0.2, 0) is 6.54 Å². The Kier molecular flexibility index (Phi) is 3.89. The minimum absolute atomic E-state index is 0.152. The molecular weight excluding hydrogens is 330 g/mol. The van der Waals surface area contributed by atoms with Gasteiger partial charge >= 0.3 is 0 Å². The molecule has 130 valence electrons. The second kappa shape index (κ2) is 6.36. The molecule has 0 unspecified atom stereocenters. The maximum Gasteiger partial charge on any atom is 0.286 e. The summed E-state index contributed by atoms with van der Waals surface area (Å²) in [7, 11) is 0. The first kappa shape index (κ1) is 15.9. The molecule has 2 heterocycles. The number of amides is 1. The Bertz CT molecular complexity index is 1140. The van der Waals surface area contributed by atoms with E-state index in [1.165, 1.54) is 4.57 Å². The molecular formula is C19H17N5O2. The fourth-order valence-electron chi connectivity index (χ4n) is 2.93. The van der Waals surface area contributed by atoms with Crippen molar-refractivity contribution < 1.29 is 4.79 Å². The van der Waals surface area contributed by atoms with Crippen molar-refractivity contribution in [3.63, 3.8) is 0 Å². The monoisotopic (exact) mass is 347 g/mol. The van der Waals surface area contributed by atoms with E-state index in [1.54, 1.807) is 24.3 Å². The van der Waals surface area contributed by atoms with E-state index in [1.807, 2.05) is 37.3 Å². The Morgan fingerprint density at radius 1 is 1.15 bits per heavy atom. The summed E-state index contributed by atoms with van der Waals surface area (Å²) < 4.78 is 1.48. The van der Waals surface area contributed by atoms with Crippen LogP contribution in [0.2, 0.25) is 0 Å². The Morgan fingerprint density at radius 3 is 2.73 bits per heavy atom. The van der Waals surface area contributed by atoms with Gasteiger partial charge in [0.15, 0.2) is 0 Å². The lowest BCUT2D eigenvalue weighted by molar-refractivity contribution is 0.0958. The zero-order valence-electron chi connectivity index (χ0n) is 14.1. The van der Waals surface area contributed by atoms with Crippen molar-refractivity contribution in [1.29, 1.82) is 0 Å². The molecule has 0 bridgehead atoms. The van der Waals surface area contributed by atoms with Gasteiger partial charge in [-0.25, -0.2) is 4.98 Å². The van der Waals surface area contributed by atoms with Gasteiger partial charge in [-0.2, -0.15) is 0 Å². The summed E-state index contributed by atoms with van der Waals surface area (Å²) in [4.78, 5) is 32.5. The fraction of sp³-hybridized carbons (Fsp3) is 0.105. The maximum atomic E-state index is 12.6. The number of hydrazine groups is 1. The summed E-state index contributed by atoms with van der Waals surface area (Å²) in [6, 6.07) is 16.5. The summed E-state index contributed by atoms with van der Waals surface area (Å²) in [5, 5.41) is 1.49. The highest BCUT2D eigenvalue weighted by molar-refractivity contribution is 5.98. The van der Waals surface area contributed by atoms with Crippen molar-refractivity contribution in [1.82, 2.24) is 20.0 Å². The predicted molar refractivity (Wildman–Crippen MR) is 101 cm³/mol. The highest BCUT2D eigenvalue weighted by atomic mass is 16.2. The number of nitrogens with zero attached hydrogens (tertiary/aromatic N) is 2. The van der Waals surface area contributed by atoms with E-state index in [0.29, 0.717) is 29.1 Å². The van der Waals surface area contributed by atoms with E-state index in [0.717, 1.165) is 10.9 Å². The number of para-hydroxylation sites is 2. The molecule has 0 fully saturated rings. The van der Waals surface area contributed by atoms with Crippen LogP contribution >= 0.6 is 0 Å². The van der Waals surface area contributed by atoms with Gasteiger partial charge in [0, 0.05) is 17.4 Å². The molecule has 0 saturated carbocycles. The van der Waals surface area contributed by atoms with Crippen molar-refractivity contribution in [2.75, 3.05) is 5.43 Å². The van der Waals surface area contributed by atoms with Crippen molar-refractivity contribution >= 4 is 33.7 Å². The smallest absolute Gasteiger partial charge is 0.286 e. The Labute approximate surface area is 148 Å². The standard InChI is InChI=1S/C19H17N5O2/c1-2-24-18(26)13-8-4-6-10-15(13)21-19(24)23-22-17(25)16-11-12-7-3-5-9-14(12)20-16/h3-11,20H,2H2,1H3,(H,21,23)(H,22,25). The van der Waals surface area contributed by atoms with Crippen molar-refractivity contribution in [2.45, 2.75) is 13.5 Å². The number of benzene rings is 2. The van der Waals surface area contributed by atoms with Crippen LogP contribution < -0.4 is 16.4 Å². The highest BCUT2D eigenvalue weighted by Crippen LogP contribution is 2.15. The van der Waals surface area contributed by atoms with E-state index in [-0.39, 0.29) is 11.5 Å². The van der Waals surface area contributed by atoms with Crippen molar-refractivity contribution in [3.8, 4) is 0 Å². The first-order chi connectivity index (χ1) is 12.7. The molecule has 26 heavy (non-hydrogen) atoms. The third-order valence-corrected chi connectivity index (χ3v) is 4.24. The molecule has 7 heteroatoms. The molecule has 0 saturated heterocycles. The van der Waals surface area contributed by atoms with E-state index >= 15 is 0 Å². The molecule has 0 aliphatic carbocycles. The largest absolute Gasteiger partial charge is 0.350 e. The van der Waals surface area contributed by atoms with Gasteiger partial charge in [0.2, 0.25) is 5.95 Å². The zero-order chi connectivity index (χ0) is 18.1. The average Bonchev–Trinajstić information content (AvgIpc) is 3.10. The molecule has 0 aliphatic rings. The number of hydrogen-bond acceptors (Lipinski definition) is 4. The first-order valence-corrected chi connectivity index (χ1v) is 8.31. The fourth-order valence-corrected chi connectivity index (χ4v) is 2.93. The molecule has 2 aromatic heterocycles. The lowest BCUT2D eigenvalue weighted by Crippen LogP contribution is -2.34. The van der Waals surface area contributed by atoms with Gasteiger partial charge in [-0.1, -0.05) is 30.3 Å².